The molecule has 142 valence electrons. The lowest BCUT2D eigenvalue weighted by Gasteiger charge is -2.36. The predicted molar refractivity (Wildman–Crippen MR) is 104 cm³/mol. The van der Waals surface area contributed by atoms with E-state index in [4.69, 9.17) is 0 Å². The molecule has 1 aromatic rings. The van der Waals surface area contributed by atoms with Gasteiger partial charge in [0.2, 0.25) is 5.91 Å². The minimum absolute atomic E-state index is 0.0754. The fourth-order valence-electron chi connectivity index (χ4n) is 3.92. The lowest BCUT2D eigenvalue weighted by Crippen LogP contribution is -2.46. The van der Waals surface area contributed by atoms with Gasteiger partial charge >= 0.3 is 0 Å². The molecule has 5 nitrogen and oxygen atoms in total. The molecular weight excluding hydrogens is 326 g/mol. The average molecular weight is 357 g/mol. The van der Waals surface area contributed by atoms with Gasteiger partial charge in [-0.25, -0.2) is 0 Å². The van der Waals surface area contributed by atoms with Gasteiger partial charge < -0.3 is 14.7 Å². The first kappa shape index (κ1) is 18.7. The second-order valence-electron chi connectivity index (χ2n) is 8.02. The van der Waals surface area contributed by atoms with Crippen molar-refractivity contribution in [2.24, 2.45) is 11.8 Å². The molecule has 0 spiro atoms. The monoisotopic (exact) mass is 357 g/mol. The Bertz CT molecular complexity index is 642. The number of amides is 2. The molecular formula is C21H31N3O2. The highest BCUT2D eigenvalue weighted by atomic mass is 16.2. The Morgan fingerprint density at radius 1 is 0.962 bits per heavy atom. The summed E-state index contributed by atoms with van der Waals surface area (Å²) in [7, 11) is 3.95. The summed E-state index contributed by atoms with van der Waals surface area (Å²) in [5, 5.41) is 0. The van der Waals surface area contributed by atoms with Crippen LogP contribution in [0, 0.1) is 11.8 Å². The Hall–Kier alpha value is -2.04. The summed E-state index contributed by atoms with van der Waals surface area (Å²) in [5.41, 5.74) is 1.76. The molecule has 0 radical (unpaired) electrons. The molecule has 5 heteroatoms. The molecule has 0 aromatic heterocycles. The molecule has 2 heterocycles. The van der Waals surface area contributed by atoms with Crippen LogP contribution in [0.25, 0.3) is 0 Å². The number of carbonyl (C=O) groups is 2. The second kappa shape index (κ2) is 8.11. The van der Waals surface area contributed by atoms with Crippen LogP contribution in [0.1, 0.15) is 43.0 Å². The van der Waals surface area contributed by atoms with Gasteiger partial charge in [-0.05, 0) is 49.8 Å². The molecule has 0 aliphatic carbocycles. The first-order valence-corrected chi connectivity index (χ1v) is 9.81. The van der Waals surface area contributed by atoms with Crippen LogP contribution >= 0.6 is 0 Å². The summed E-state index contributed by atoms with van der Waals surface area (Å²) < 4.78 is 0. The predicted octanol–water partition coefficient (Wildman–Crippen LogP) is 2.86. The molecule has 2 aliphatic heterocycles. The first-order chi connectivity index (χ1) is 12.5. The van der Waals surface area contributed by atoms with E-state index >= 15 is 0 Å². The third-order valence-corrected chi connectivity index (χ3v) is 5.84. The van der Waals surface area contributed by atoms with Crippen molar-refractivity contribution in [2.75, 3.05) is 45.2 Å². The van der Waals surface area contributed by atoms with Gasteiger partial charge in [-0.3, -0.25) is 9.59 Å². The van der Waals surface area contributed by atoms with Crippen molar-refractivity contribution in [2.45, 2.75) is 32.6 Å². The van der Waals surface area contributed by atoms with Crippen LogP contribution < -0.4 is 4.90 Å². The first-order valence-electron chi connectivity index (χ1n) is 9.81. The molecule has 2 amide bonds. The summed E-state index contributed by atoms with van der Waals surface area (Å²) >= 11 is 0. The Morgan fingerprint density at radius 2 is 1.58 bits per heavy atom. The van der Waals surface area contributed by atoms with Crippen molar-refractivity contribution in [3.63, 3.8) is 0 Å². The van der Waals surface area contributed by atoms with Crippen molar-refractivity contribution in [3.05, 3.63) is 29.8 Å². The minimum Gasteiger partial charge on any atom is -0.378 e. The zero-order chi connectivity index (χ0) is 18.7. The smallest absolute Gasteiger partial charge is 0.253 e. The topological polar surface area (TPSA) is 43.9 Å². The summed E-state index contributed by atoms with van der Waals surface area (Å²) in [6, 6.07) is 7.74. The Morgan fingerprint density at radius 3 is 2.19 bits per heavy atom. The molecule has 0 atom stereocenters. The highest BCUT2D eigenvalue weighted by Crippen LogP contribution is 2.25. The van der Waals surface area contributed by atoms with Crippen LogP contribution in [0.5, 0.6) is 0 Å². The summed E-state index contributed by atoms with van der Waals surface area (Å²) in [5.74, 6) is 1.20. The minimum atomic E-state index is 0.0754. The highest BCUT2D eigenvalue weighted by molar-refractivity contribution is 5.95. The van der Waals surface area contributed by atoms with E-state index in [1.54, 1.807) is 0 Å². The number of anilines is 1. The van der Waals surface area contributed by atoms with E-state index in [2.05, 4.69) is 6.92 Å². The molecule has 0 saturated carbocycles. The number of hydrogen-bond donors (Lipinski definition) is 0. The van der Waals surface area contributed by atoms with Crippen molar-refractivity contribution < 1.29 is 9.59 Å². The fourth-order valence-corrected chi connectivity index (χ4v) is 3.92. The molecule has 2 fully saturated rings. The number of rotatable bonds is 3. The maximum Gasteiger partial charge on any atom is 0.253 e. The summed E-state index contributed by atoms with van der Waals surface area (Å²) in [6.07, 6.45) is 3.80. The van der Waals surface area contributed by atoms with Gasteiger partial charge in [0.1, 0.15) is 0 Å². The quantitative estimate of drug-likeness (QED) is 0.835. The van der Waals surface area contributed by atoms with E-state index in [0.717, 1.165) is 55.9 Å². The third-order valence-electron chi connectivity index (χ3n) is 5.84. The maximum atomic E-state index is 12.8. The summed E-state index contributed by atoms with van der Waals surface area (Å²) in [4.78, 5) is 31.5. The molecule has 2 aliphatic rings. The average Bonchev–Trinajstić information content (AvgIpc) is 2.67. The van der Waals surface area contributed by atoms with Crippen LogP contribution in [0.15, 0.2) is 24.3 Å². The molecule has 1 aromatic carbocycles. The zero-order valence-electron chi connectivity index (χ0n) is 16.3. The maximum absolute atomic E-state index is 12.8. The molecule has 0 bridgehead atoms. The second-order valence-corrected chi connectivity index (χ2v) is 8.02. The van der Waals surface area contributed by atoms with Crippen molar-refractivity contribution in [3.8, 4) is 0 Å². The lowest BCUT2D eigenvalue weighted by atomic mass is 9.92. The standard InChI is InChI=1S/C21H31N3O2/c1-16-7-11-23(12-8-16)20(25)17-9-13-24(14-10-17)21(26)18-5-4-6-19(15-18)22(2)3/h4-6,15-17H,7-14H2,1-3H3. The number of likely N-dealkylation sites (tertiary alicyclic amines) is 2. The van der Waals surface area contributed by atoms with E-state index in [1.807, 2.05) is 53.1 Å². The number of nitrogens with zero attached hydrogens (tertiary/aromatic N) is 3. The van der Waals surface area contributed by atoms with Crippen LogP contribution in [-0.2, 0) is 4.79 Å². The van der Waals surface area contributed by atoms with Crippen LogP contribution in [0.3, 0.4) is 0 Å². The van der Waals surface area contributed by atoms with Gasteiger partial charge in [0, 0.05) is 57.4 Å². The van der Waals surface area contributed by atoms with Gasteiger partial charge in [-0.1, -0.05) is 13.0 Å². The van der Waals surface area contributed by atoms with Crippen LogP contribution in [0.4, 0.5) is 5.69 Å². The molecule has 3 rings (SSSR count). The van der Waals surface area contributed by atoms with Gasteiger partial charge in [0.15, 0.2) is 0 Å². The summed E-state index contributed by atoms with van der Waals surface area (Å²) in [6.45, 7) is 5.40. The number of hydrogen-bond acceptors (Lipinski definition) is 3. The zero-order valence-corrected chi connectivity index (χ0v) is 16.3. The van der Waals surface area contributed by atoms with E-state index in [-0.39, 0.29) is 11.8 Å². The molecule has 2 saturated heterocycles. The highest BCUT2D eigenvalue weighted by Gasteiger charge is 2.31. The molecule has 0 N–H and O–H groups in total. The fraction of sp³-hybridized carbons (Fsp3) is 0.619. The largest absolute Gasteiger partial charge is 0.378 e. The van der Waals surface area contributed by atoms with Crippen molar-refractivity contribution in [1.82, 2.24) is 9.80 Å². The van der Waals surface area contributed by atoms with E-state index in [0.29, 0.717) is 19.0 Å². The number of benzene rings is 1. The van der Waals surface area contributed by atoms with E-state index in [1.165, 1.54) is 0 Å². The van der Waals surface area contributed by atoms with Gasteiger partial charge in [0.25, 0.3) is 5.91 Å². The molecule has 0 unspecified atom stereocenters. The normalized spacial score (nSPS) is 19.5. The van der Waals surface area contributed by atoms with Crippen molar-refractivity contribution >= 4 is 17.5 Å². The van der Waals surface area contributed by atoms with Crippen LogP contribution in [-0.4, -0.2) is 61.9 Å². The van der Waals surface area contributed by atoms with Crippen molar-refractivity contribution in [1.29, 1.82) is 0 Å². The Balaban J connectivity index is 1.55. The molecule has 26 heavy (non-hydrogen) atoms. The Labute approximate surface area is 156 Å². The van der Waals surface area contributed by atoms with Gasteiger partial charge in [-0.2, -0.15) is 0 Å². The van der Waals surface area contributed by atoms with Gasteiger partial charge in [-0.15, -0.1) is 0 Å². The van der Waals surface area contributed by atoms with Gasteiger partial charge in [0.05, 0.1) is 0 Å². The third kappa shape index (κ3) is 4.19. The number of carbonyl (C=O) groups excluding carboxylic acids is 2. The number of piperidine rings is 2. The Kier molecular flexibility index (Phi) is 5.84. The van der Waals surface area contributed by atoms with Crippen LogP contribution in [0.2, 0.25) is 0 Å². The van der Waals surface area contributed by atoms with E-state index in [9.17, 15) is 9.59 Å². The SMILES string of the molecule is CC1CCN(C(=O)C2CCN(C(=O)c3cccc(N(C)C)c3)CC2)CC1. The lowest BCUT2D eigenvalue weighted by molar-refractivity contribution is -0.138. The van der Waals surface area contributed by atoms with E-state index < -0.39 is 0 Å².